The van der Waals surface area contributed by atoms with Gasteiger partial charge in [-0.05, 0) is 43.9 Å². The number of benzene rings is 1. The molecule has 0 radical (unpaired) electrons. The number of methoxy groups -OCH3 is 1. The van der Waals surface area contributed by atoms with E-state index in [9.17, 15) is 0 Å². The van der Waals surface area contributed by atoms with Crippen LogP contribution in [0.4, 0.5) is 5.69 Å². The third-order valence-electron chi connectivity index (χ3n) is 4.51. The minimum atomic E-state index is 0.217. The number of rotatable bonds is 7. The molecule has 0 saturated heterocycles. The molecule has 1 aliphatic rings. The Hall–Kier alpha value is -2.24. The van der Waals surface area contributed by atoms with E-state index in [4.69, 9.17) is 32.7 Å². The van der Waals surface area contributed by atoms with E-state index in [-0.39, 0.29) is 6.10 Å². The van der Waals surface area contributed by atoms with Crippen molar-refractivity contribution in [3.8, 4) is 11.5 Å². The predicted molar refractivity (Wildman–Crippen MR) is 115 cm³/mol. The summed E-state index contributed by atoms with van der Waals surface area (Å²) in [5.74, 6) is 2.00. The molecule has 1 fully saturated rings. The van der Waals surface area contributed by atoms with E-state index in [1.165, 1.54) is 25.2 Å². The van der Waals surface area contributed by atoms with Crippen LogP contribution >= 0.6 is 23.2 Å². The normalized spacial score (nSPS) is 14.8. The zero-order chi connectivity index (χ0) is 19.9. The first-order chi connectivity index (χ1) is 13.6. The molecule has 1 saturated carbocycles. The number of nitrogens with zero attached hydrogens (tertiary/aromatic N) is 2. The highest BCUT2D eigenvalue weighted by atomic mass is 35.5. The third-order valence-corrected chi connectivity index (χ3v) is 5.08. The Morgan fingerprint density at radius 2 is 1.96 bits per heavy atom. The lowest BCUT2D eigenvalue weighted by Gasteiger charge is -2.18. The number of anilines is 1. The number of ether oxygens (including phenoxy) is 2. The Bertz CT molecular complexity index is 844. The zero-order valence-electron chi connectivity index (χ0n) is 15.8. The molecule has 28 heavy (non-hydrogen) atoms. The van der Waals surface area contributed by atoms with E-state index in [0.29, 0.717) is 39.6 Å². The predicted octanol–water partition coefficient (Wildman–Crippen LogP) is 5.76. The van der Waals surface area contributed by atoms with Gasteiger partial charge in [0.05, 0.1) is 35.5 Å². The second-order valence-corrected chi connectivity index (χ2v) is 7.29. The average Bonchev–Trinajstić information content (AvgIpc) is 3.20. The molecule has 148 valence electrons. The summed E-state index contributed by atoms with van der Waals surface area (Å²) in [7, 11) is 1.64. The Morgan fingerprint density at radius 1 is 1.25 bits per heavy atom. The zero-order valence-corrected chi connectivity index (χ0v) is 17.3. The SMILES string of the molecule is C=CCN=C(Nc1c(Cl)cncc1Cl)c1ccc(OC)c(OC2CCCC2)c1. The van der Waals surface area contributed by atoms with Crippen LogP contribution in [-0.4, -0.2) is 30.6 Å². The highest BCUT2D eigenvalue weighted by molar-refractivity contribution is 6.39. The molecule has 0 spiro atoms. The van der Waals surface area contributed by atoms with Gasteiger partial charge in [-0.3, -0.25) is 9.98 Å². The minimum Gasteiger partial charge on any atom is -0.493 e. The van der Waals surface area contributed by atoms with Crippen molar-refractivity contribution in [1.29, 1.82) is 0 Å². The van der Waals surface area contributed by atoms with Crippen molar-refractivity contribution in [2.24, 2.45) is 4.99 Å². The van der Waals surface area contributed by atoms with Gasteiger partial charge in [0.1, 0.15) is 5.84 Å². The Kier molecular flexibility index (Phi) is 7.18. The van der Waals surface area contributed by atoms with Gasteiger partial charge in [0.25, 0.3) is 0 Å². The van der Waals surface area contributed by atoms with Crippen LogP contribution in [0.2, 0.25) is 10.0 Å². The summed E-state index contributed by atoms with van der Waals surface area (Å²) in [6.07, 6.45) is 9.51. The number of hydrogen-bond acceptors (Lipinski definition) is 4. The number of amidine groups is 1. The smallest absolute Gasteiger partial charge is 0.162 e. The summed E-state index contributed by atoms with van der Waals surface area (Å²) in [5.41, 5.74) is 1.38. The van der Waals surface area contributed by atoms with Crippen molar-refractivity contribution in [2.75, 3.05) is 19.0 Å². The molecular formula is C21H23Cl2N3O2. The maximum absolute atomic E-state index is 6.26. The monoisotopic (exact) mass is 419 g/mol. The minimum absolute atomic E-state index is 0.217. The van der Waals surface area contributed by atoms with Crippen molar-refractivity contribution < 1.29 is 9.47 Å². The molecule has 7 heteroatoms. The summed E-state index contributed by atoms with van der Waals surface area (Å²) < 4.78 is 11.7. The maximum Gasteiger partial charge on any atom is 0.162 e. The van der Waals surface area contributed by atoms with Crippen molar-refractivity contribution >= 4 is 34.7 Å². The number of halogens is 2. The van der Waals surface area contributed by atoms with Crippen LogP contribution in [0.25, 0.3) is 0 Å². The van der Waals surface area contributed by atoms with Gasteiger partial charge in [-0.2, -0.15) is 0 Å². The molecule has 5 nitrogen and oxygen atoms in total. The fourth-order valence-electron chi connectivity index (χ4n) is 3.11. The molecule has 1 heterocycles. The second kappa shape index (κ2) is 9.80. The van der Waals surface area contributed by atoms with Crippen molar-refractivity contribution in [3.63, 3.8) is 0 Å². The standard InChI is InChI=1S/C21H23Cl2N3O2/c1-3-10-25-21(26-20-16(22)12-24-13-17(20)23)14-8-9-18(27-2)19(11-14)28-15-6-4-5-7-15/h3,8-9,11-13,15H,1,4-7,10H2,2H3,(H,24,25,26). The molecule has 0 unspecified atom stereocenters. The number of pyridine rings is 1. The number of aliphatic imine (C=N–C) groups is 1. The van der Waals surface area contributed by atoms with E-state index < -0.39 is 0 Å². The van der Waals surface area contributed by atoms with Gasteiger partial charge < -0.3 is 14.8 Å². The molecule has 1 N–H and O–H groups in total. The Labute approximate surface area is 175 Å². The summed E-state index contributed by atoms with van der Waals surface area (Å²) in [4.78, 5) is 8.56. The summed E-state index contributed by atoms with van der Waals surface area (Å²) >= 11 is 12.5. The second-order valence-electron chi connectivity index (χ2n) is 6.47. The molecule has 0 atom stereocenters. The largest absolute Gasteiger partial charge is 0.493 e. The van der Waals surface area contributed by atoms with Crippen LogP contribution in [0.5, 0.6) is 11.5 Å². The number of nitrogens with one attached hydrogen (secondary N) is 1. The third kappa shape index (κ3) is 4.97. The Morgan fingerprint density at radius 3 is 2.61 bits per heavy atom. The molecule has 0 aliphatic heterocycles. The lowest BCUT2D eigenvalue weighted by atomic mass is 10.1. The van der Waals surface area contributed by atoms with Gasteiger partial charge in [0.15, 0.2) is 11.5 Å². The topological polar surface area (TPSA) is 55.7 Å². The highest BCUT2D eigenvalue weighted by Gasteiger charge is 2.20. The molecule has 0 bridgehead atoms. The average molecular weight is 420 g/mol. The first kappa shape index (κ1) is 20.5. The van der Waals surface area contributed by atoms with Crippen LogP contribution < -0.4 is 14.8 Å². The van der Waals surface area contributed by atoms with Crippen molar-refractivity contribution in [2.45, 2.75) is 31.8 Å². The summed E-state index contributed by atoms with van der Waals surface area (Å²) in [6.45, 7) is 4.18. The lowest BCUT2D eigenvalue weighted by Crippen LogP contribution is -2.16. The fraction of sp³-hybridized carbons (Fsp3) is 0.333. The maximum atomic E-state index is 6.26. The molecule has 3 rings (SSSR count). The fourth-order valence-corrected chi connectivity index (χ4v) is 3.57. The quantitative estimate of drug-likeness (QED) is 0.351. The molecule has 2 aromatic rings. The molecule has 1 aromatic carbocycles. The first-order valence-electron chi connectivity index (χ1n) is 9.18. The number of aromatic nitrogens is 1. The van der Waals surface area contributed by atoms with Gasteiger partial charge in [-0.15, -0.1) is 6.58 Å². The number of hydrogen-bond donors (Lipinski definition) is 1. The van der Waals surface area contributed by atoms with Crippen LogP contribution in [-0.2, 0) is 0 Å². The van der Waals surface area contributed by atoms with Gasteiger partial charge >= 0.3 is 0 Å². The molecule has 0 amide bonds. The van der Waals surface area contributed by atoms with Gasteiger partial charge in [-0.25, -0.2) is 0 Å². The van der Waals surface area contributed by atoms with E-state index in [2.05, 4.69) is 21.9 Å². The van der Waals surface area contributed by atoms with Crippen molar-refractivity contribution in [1.82, 2.24) is 4.98 Å². The van der Waals surface area contributed by atoms with Gasteiger partial charge in [-0.1, -0.05) is 29.3 Å². The van der Waals surface area contributed by atoms with Gasteiger partial charge in [0, 0.05) is 18.0 Å². The van der Waals surface area contributed by atoms with Crippen LogP contribution in [0.3, 0.4) is 0 Å². The van der Waals surface area contributed by atoms with E-state index >= 15 is 0 Å². The van der Waals surface area contributed by atoms with E-state index in [1.54, 1.807) is 13.2 Å². The molecule has 1 aliphatic carbocycles. The Balaban J connectivity index is 1.94. The summed E-state index contributed by atoms with van der Waals surface area (Å²) in [5, 5.41) is 4.05. The van der Waals surface area contributed by atoms with Crippen LogP contribution in [0.1, 0.15) is 31.2 Å². The van der Waals surface area contributed by atoms with Crippen LogP contribution in [0.15, 0.2) is 48.2 Å². The lowest BCUT2D eigenvalue weighted by molar-refractivity contribution is 0.201. The van der Waals surface area contributed by atoms with Crippen LogP contribution in [0, 0.1) is 0 Å². The van der Waals surface area contributed by atoms with Crippen molar-refractivity contribution in [3.05, 3.63) is 58.9 Å². The molecular weight excluding hydrogens is 397 g/mol. The molecule has 1 aromatic heterocycles. The van der Waals surface area contributed by atoms with E-state index in [1.807, 2.05) is 18.2 Å². The highest BCUT2D eigenvalue weighted by Crippen LogP contribution is 2.34. The van der Waals surface area contributed by atoms with Gasteiger partial charge in [0.2, 0.25) is 0 Å². The summed E-state index contributed by atoms with van der Waals surface area (Å²) in [6, 6.07) is 5.72. The van der Waals surface area contributed by atoms with E-state index in [0.717, 1.165) is 18.4 Å². The first-order valence-corrected chi connectivity index (χ1v) is 9.94.